The number of aliphatic hydroxyl groups excluding tert-OH is 1. The highest BCUT2D eigenvalue weighted by Crippen LogP contribution is 2.32. The van der Waals surface area contributed by atoms with Crippen molar-refractivity contribution in [3.63, 3.8) is 0 Å². The van der Waals surface area contributed by atoms with Gasteiger partial charge in [0, 0.05) is 49.2 Å². The number of hydrogen-bond donors (Lipinski definition) is 3. The monoisotopic (exact) mass is 557 g/mol. The smallest absolute Gasteiger partial charge is 0.383 e. The van der Waals surface area contributed by atoms with Crippen molar-refractivity contribution in [1.82, 2.24) is 0 Å². The van der Waals surface area contributed by atoms with Crippen LogP contribution in [0.1, 0.15) is 22.3 Å². The molecule has 0 spiro atoms. The van der Waals surface area contributed by atoms with E-state index in [1.165, 1.54) is 24.3 Å². The first-order valence-corrected chi connectivity index (χ1v) is 11.8. The summed E-state index contributed by atoms with van der Waals surface area (Å²) >= 11 is 0. The Morgan fingerprint density at radius 2 is 1.64 bits per heavy atom. The van der Waals surface area contributed by atoms with E-state index < -0.39 is 29.7 Å². The van der Waals surface area contributed by atoms with Crippen LogP contribution in [0.15, 0.2) is 85.0 Å². The number of halogens is 4. The molecule has 3 aromatic rings. The highest BCUT2D eigenvalue weighted by molar-refractivity contribution is 6.03. The number of allylic oxidation sites excluding steroid dienone is 2. The fraction of sp³-hybridized carbons (Fsp3) is 0.172. The van der Waals surface area contributed by atoms with Crippen LogP contribution in [0.3, 0.4) is 0 Å². The van der Waals surface area contributed by atoms with Gasteiger partial charge in [-0.25, -0.2) is 0 Å². The average molecular weight is 558 g/mol. The van der Waals surface area contributed by atoms with Gasteiger partial charge < -0.3 is 20.6 Å². The van der Waals surface area contributed by atoms with Crippen LogP contribution in [-0.2, 0) is 22.2 Å². The molecule has 1 aliphatic rings. The number of carbonyl (C=O) groups excluding carboxylic acids is 2. The van der Waals surface area contributed by atoms with Crippen LogP contribution in [-0.4, -0.2) is 37.1 Å². The zero-order chi connectivity index (χ0) is 27.4. The van der Waals surface area contributed by atoms with Crippen molar-refractivity contribution in [3.05, 3.63) is 107 Å². The number of anilines is 3. The number of nitrogens with one attached hydrogen (secondary N) is 2. The standard InChI is InChI=1S/C29H26F3N3O3.ClH/c1-35(2)21-15-11-19(12-16-21)22(18-9-13-20(14-10-18)29(30,31)32)5-3-8-27(37)33-24-6-4-7-25-23(24)17-26(36)28(38)34-25;/h3-16,26,36H,17H2,1-2H3,(H,33,37)(H,34,38);1H. The van der Waals surface area contributed by atoms with Gasteiger partial charge in [0.05, 0.1) is 5.56 Å². The summed E-state index contributed by atoms with van der Waals surface area (Å²) in [7, 11) is 3.81. The lowest BCUT2D eigenvalue weighted by atomic mass is 9.96. The predicted molar refractivity (Wildman–Crippen MR) is 149 cm³/mol. The third-order valence-electron chi connectivity index (χ3n) is 6.12. The molecule has 1 atom stereocenters. The van der Waals surface area contributed by atoms with E-state index in [0.717, 1.165) is 23.4 Å². The molecule has 1 aliphatic heterocycles. The van der Waals surface area contributed by atoms with Crippen molar-refractivity contribution in [2.24, 2.45) is 0 Å². The first kappa shape index (κ1) is 29.5. The van der Waals surface area contributed by atoms with Gasteiger partial charge in [0.15, 0.2) is 0 Å². The number of amides is 2. The van der Waals surface area contributed by atoms with Gasteiger partial charge in [0.1, 0.15) is 6.10 Å². The molecule has 0 saturated carbocycles. The van der Waals surface area contributed by atoms with Crippen LogP contribution in [0.4, 0.5) is 30.2 Å². The number of fused-ring (bicyclic) bond motifs is 1. The number of carbonyl (C=O) groups is 2. The SMILES string of the molecule is CN(C)c1ccc(C(=CC=CC(=O)Nc2cccc3c2CC(O)C(=O)N3)c2ccc(C(F)(F)F)cc2)cc1.Cl. The third kappa shape index (κ3) is 7.07. The molecule has 0 bridgehead atoms. The number of aliphatic hydroxyl groups is 1. The molecule has 0 fully saturated rings. The molecule has 10 heteroatoms. The molecule has 1 heterocycles. The van der Waals surface area contributed by atoms with Crippen molar-refractivity contribution in [2.45, 2.75) is 18.7 Å². The molecular formula is C29H27ClF3N3O3. The van der Waals surface area contributed by atoms with Crippen molar-refractivity contribution in [2.75, 3.05) is 29.6 Å². The van der Waals surface area contributed by atoms with E-state index in [1.807, 2.05) is 43.3 Å². The Kier molecular flexibility index (Phi) is 9.21. The Morgan fingerprint density at radius 3 is 2.23 bits per heavy atom. The Morgan fingerprint density at radius 1 is 1.03 bits per heavy atom. The first-order valence-electron chi connectivity index (χ1n) is 11.8. The van der Waals surface area contributed by atoms with Crippen molar-refractivity contribution in [3.8, 4) is 0 Å². The van der Waals surface area contributed by atoms with Gasteiger partial charge in [-0.15, -0.1) is 12.4 Å². The highest BCUT2D eigenvalue weighted by Gasteiger charge is 2.30. The summed E-state index contributed by atoms with van der Waals surface area (Å²) in [6.07, 6.45) is -1.09. The molecule has 204 valence electrons. The van der Waals surface area contributed by atoms with Gasteiger partial charge in [-0.3, -0.25) is 9.59 Å². The minimum Gasteiger partial charge on any atom is -0.383 e. The zero-order valence-corrected chi connectivity index (χ0v) is 21.9. The molecule has 0 aliphatic carbocycles. The van der Waals surface area contributed by atoms with E-state index in [2.05, 4.69) is 10.6 Å². The molecule has 0 aromatic heterocycles. The summed E-state index contributed by atoms with van der Waals surface area (Å²) in [6, 6.07) is 17.4. The van der Waals surface area contributed by atoms with Gasteiger partial charge in [-0.1, -0.05) is 42.5 Å². The van der Waals surface area contributed by atoms with Gasteiger partial charge in [-0.2, -0.15) is 13.2 Å². The topological polar surface area (TPSA) is 81.7 Å². The van der Waals surface area contributed by atoms with Crippen molar-refractivity contribution >= 4 is 46.9 Å². The average Bonchev–Trinajstić information content (AvgIpc) is 2.87. The van der Waals surface area contributed by atoms with Crippen LogP contribution >= 0.6 is 12.4 Å². The number of alkyl halides is 3. The molecule has 3 aromatic carbocycles. The van der Waals surface area contributed by atoms with Crippen molar-refractivity contribution < 1.29 is 27.9 Å². The molecule has 0 radical (unpaired) electrons. The van der Waals surface area contributed by atoms with Crippen LogP contribution in [0.25, 0.3) is 5.57 Å². The zero-order valence-electron chi connectivity index (χ0n) is 21.1. The summed E-state index contributed by atoms with van der Waals surface area (Å²) in [4.78, 5) is 26.3. The third-order valence-corrected chi connectivity index (χ3v) is 6.12. The lowest BCUT2D eigenvalue weighted by Crippen LogP contribution is -2.34. The number of benzene rings is 3. The van der Waals surface area contributed by atoms with E-state index in [9.17, 15) is 27.9 Å². The van der Waals surface area contributed by atoms with E-state index >= 15 is 0 Å². The highest BCUT2D eigenvalue weighted by atomic mass is 35.5. The summed E-state index contributed by atoms with van der Waals surface area (Å²) in [5, 5.41) is 15.3. The molecular weight excluding hydrogens is 531 g/mol. The van der Waals surface area contributed by atoms with Crippen LogP contribution in [0, 0.1) is 0 Å². The molecule has 0 saturated heterocycles. The molecule has 1 unspecified atom stereocenters. The van der Waals surface area contributed by atoms with Crippen LogP contribution < -0.4 is 15.5 Å². The summed E-state index contributed by atoms with van der Waals surface area (Å²) < 4.78 is 39.2. The molecule has 2 amide bonds. The van der Waals surface area contributed by atoms with E-state index in [4.69, 9.17) is 0 Å². The second-order valence-corrected chi connectivity index (χ2v) is 8.99. The Bertz CT molecular complexity index is 1400. The maximum Gasteiger partial charge on any atom is 0.416 e. The second kappa shape index (κ2) is 12.2. The van der Waals surface area contributed by atoms with E-state index in [-0.39, 0.29) is 18.8 Å². The Labute approximate surface area is 230 Å². The van der Waals surface area contributed by atoms with E-state index in [0.29, 0.717) is 28.1 Å². The lowest BCUT2D eigenvalue weighted by Gasteiger charge is -2.23. The van der Waals surface area contributed by atoms with Gasteiger partial charge in [-0.05, 0) is 53.1 Å². The predicted octanol–water partition coefficient (Wildman–Crippen LogP) is 5.68. The molecule has 3 N–H and O–H groups in total. The number of hydrogen-bond acceptors (Lipinski definition) is 4. The van der Waals surface area contributed by atoms with E-state index in [1.54, 1.807) is 24.3 Å². The summed E-state index contributed by atoms with van der Waals surface area (Å²) in [5.41, 5.74) is 3.77. The first-order chi connectivity index (χ1) is 18.0. The Balaban J connectivity index is 0.00000420. The second-order valence-electron chi connectivity index (χ2n) is 8.99. The molecule has 4 rings (SSSR count). The largest absolute Gasteiger partial charge is 0.416 e. The van der Waals surface area contributed by atoms with Crippen LogP contribution in [0.2, 0.25) is 0 Å². The normalized spacial score (nSPS) is 15.3. The summed E-state index contributed by atoms with van der Waals surface area (Å²) in [6.45, 7) is 0. The molecule has 6 nitrogen and oxygen atoms in total. The molecule has 39 heavy (non-hydrogen) atoms. The quantitative estimate of drug-likeness (QED) is 0.269. The van der Waals surface area contributed by atoms with Crippen molar-refractivity contribution in [1.29, 1.82) is 0 Å². The minimum atomic E-state index is -4.44. The van der Waals surface area contributed by atoms with Crippen LogP contribution in [0.5, 0.6) is 0 Å². The fourth-order valence-corrected chi connectivity index (χ4v) is 4.09. The maximum absolute atomic E-state index is 13.1. The summed E-state index contributed by atoms with van der Waals surface area (Å²) in [5.74, 6) is -0.948. The Hall–Kier alpha value is -4.08. The van der Waals surface area contributed by atoms with Gasteiger partial charge in [0.25, 0.3) is 5.91 Å². The van der Waals surface area contributed by atoms with Gasteiger partial charge in [0.2, 0.25) is 5.91 Å². The maximum atomic E-state index is 13.1. The number of nitrogens with zero attached hydrogens (tertiary/aromatic N) is 1. The lowest BCUT2D eigenvalue weighted by molar-refractivity contribution is -0.137. The fourth-order valence-electron chi connectivity index (χ4n) is 4.09. The van der Waals surface area contributed by atoms with Gasteiger partial charge >= 0.3 is 6.18 Å². The number of rotatable bonds is 6. The minimum absolute atomic E-state index is 0.